The average Bonchev–Trinajstić information content (AvgIpc) is 2.16. The number of hydrogen-bond acceptors (Lipinski definition) is 3. The minimum Gasteiger partial charge on any atom is -0.317 e. The molecule has 1 heterocycles. The Labute approximate surface area is 91.3 Å². The smallest absolute Gasteiger partial charge is 0.235 e. The number of hydrogen-bond donors (Lipinski definition) is 1. The van der Waals surface area contributed by atoms with Crippen molar-refractivity contribution >= 4 is 6.08 Å². The normalized spacial score (nSPS) is 28.9. The fraction of sp³-hybridized carbons (Fsp3) is 0.917. The Balaban J connectivity index is 2.10. The summed E-state index contributed by atoms with van der Waals surface area (Å²) in [5.41, 5.74) is 0.304. The molecule has 0 aromatic rings. The van der Waals surface area contributed by atoms with E-state index in [1.165, 1.54) is 0 Å². The molecule has 2 fully saturated rings. The predicted molar refractivity (Wildman–Crippen MR) is 59.5 cm³/mol. The number of aliphatic imine (C=N–C) groups is 1. The lowest BCUT2D eigenvalue weighted by molar-refractivity contribution is 0.00747. The van der Waals surface area contributed by atoms with Gasteiger partial charge in [-0.1, -0.05) is 13.8 Å². The largest absolute Gasteiger partial charge is 0.317 e. The third kappa shape index (κ3) is 1.99. The molecular weight excluding hydrogens is 188 g/mol. The molecule has 1 aliphatic heterocycles. The second-order valence-electron chi connectivity index (χ2n) is 5.85. The molecule has 0 spiro atoms. The van der Waals surface area contributed by atoms with Crippen molar-refractivity contribution in [3.63, 3.8) is 0 Å². The van der Waals surface area contributed by atoms with Crippen molar-refractivity contribution in [2.75, 3.05) is 13.1 Å². The Morgan fingerprint density at radius 1 is 1.27 bits per heavy atom. The van der Waals surface area contributed by atoms with E-state index in [1.807, 2.05) is 0 Å². The fourth-order valence-electron chi connectivity index (χ4n) is 3.51. The van der Waals surface area contributed by atoms with E-state index in [4.69, 9.17) is 0 Å². The average molecular weight is 208 g/mol. The zero-order valence-corrected chi connectivity index (χ0v) is 9.68. The lowest BCUT2D eigenvalue weighted by Gasteiger charge is -2.54. The summed E-state index contributed by atoms with van der Waals surface area (Å²) in [7, 11) is 0. The minimum atomic E-state index is -0.0622. The highest BCUT2D eigenvalue weighted by Gasteiger charge is 2.53. The second-order valence-corrected chi connectivity index (χ2v) is 5.85. The molecule has 0 aromatic heterocycles. The van der Waals surface area contributed by atoms with Gasteiger partial charge in [0, 0.05) is 0 Å². The highest BCUT2D eigenvalue weighted by Crippen LogP contribution is 2.55. The second kappa shape index (κ2) is 3.73. The van der Waals surface area contributed by atoms with Gasteiger partial charge in [0.15, 0.2) is 0 Å². The van der Waals surface area contributed by atoms with Crippen LogP contribution in [0.4, 0.5) is 0 Å². The number of isocyanates is 1. The first kappa shape index (κ1) is 10.8. The first-order valence-electron chi connectivity index (χ1n) is 5.88. The molecule has 0 atom stereocenters. The summed E-state index contributed by atoms with van der Waals surface area (Å²) in [5.74, 6) is 0.591. The zero-order valence-electron chi connectivity index (χ0n) is 9.68. The van der Waals surface area contributed by atoms with Crippen molar-refractivity contribution in [2.24, 2.45) is 16.3 Å². The summed E-state index contributed by atoms with van der Waals surface area (Å²) in [4.78, 5) is 14.7. The van der Waals surface area contributed by atoms with Gasteiger partial charge in [-0.05, 0) is 50.1 Å². The Morgan fingerprint density at radius 2 is 1.87 bits per heavy atom. The van der Waals surface area contributed by atoms with Gasteiger partial charge < -0.3 is 5.32 Å². The molecule has 3 heteroatoms. The van der Waals surface area contributed by atoms with Crippen LogP contribution in [0.15, 0.2) is 4.99 Å². The molecule has 2 aliphatic rings. The van der Waals surface area contributed by atoms with Crippen molar-refractivity contribution < 1.29 is 4.79 Å². The third-order valence-electron chi connectivity index (χ3n) is 3.94. The SMILES string of the molecule is CC1(C)CC(N=C=O)(C2CCNCC2)C1. The van der Waals surface area contributed by atoms with Crippen molar-refractivity contribution in [2.45, 2.75) is 45.1 Å². The van der Waals surface area contributed by atoms with Crippen LogP contribution in [-0.4, -0.2) is 24.7 Å². The highest BCUT2D eigenvalue weighted by atomic mass is 16.1. The lowest BCUT2D eigenvalue weighted by Crippen LogP contribution is -2.54. The molecule has 0 amide bonds. The predicted octanol–water partition coefficient (Wildman–Crippen LogP) is 1.88. The number of nitrogens with zero attached hydrogens (tertiary/aromatic N) is 1. The third-order valence-corrected chi connectivity index (χ3v) is 3.94. The highest BCUT2D eigenvalue weighted by molar-refractivity contribution is 5.36. The van der Waals surface area contributed by atoms with E-state index in [-0.39, 0.29) is 5.54 Å². The molecule has 84 valence electrons. The van der Waals surface area contributed by atoms with Gasteiger partial charge in [0.05, 0.1) is 5.54 Å². The van der Waals surface area contributed by atoms with E-state index in [2.05, 4.69) is 24.2 Å². The summed E-state index contributed by atoms with van der Waals surface area (Å²) in [5, 5.41) is 3.36. The molecule has 0 unspecified atom stereocenters. The zero-order chi connectivity index (χ0) is 10.9. The lowest BCUT2D eigenvalue weighted by atomic mass is 9.54. The molecule has 1 N–H and O–H groups in total. The van der Waals surface area contributed by atoms with Gasteiger partial charge in [0.1, 0.15) is 0 Å². The molecule has 1 aliphatic carbocycles. The van der Waals surface area contributed by atoms with Crippen LogP contribution in [0.25, 0.3) is 0 Å². The van der Waals surface area contributed by atoms with Crippen LogP contribution in [0.5, 0.6) is 0 Å². The molecule has 0 aromatic carbocycles. The molecule has 1 saturated heterocycles. The van der Waals surface area contributed by atoms with E-state index in [0.717, 1.165) is 38.8 Å². The summed E-state index contributed by atoms with van der Waals surface area (Å²) >= 11 is 0. The van der Waals surface area contributed by atoms with Gasteiger partial charge in [0.25, 0.3) is 0 Å². The van der Waals surface area contributed by atoms with E-state index in [1.54, 1.807) is 6.08 Å². The Bertz CT molecular complexity index is 278. The van der Waals surface area contributed by atoms with E-state index >= 15 is 0 Å². The first-order chi connectivity index (χ1) is 7.08. The standard InChI is InChI=1S/C12H20N2O/c1-11(2)7-12(8-11,14-9-15)10-3-5-13-6-4-10/h10,13H,3-8H2,1-2H3. The van der Waals surface area contributed by atoms with E-state index in [0.29, 0.717) is 11.3 Å². The number of nitrogens with one attached hydrogen (secondary N) is 1. The number of rotatable bonds is 2. The van der Waals surface area contributed by atoms with Crippen molar-refractivity contribution in [3.05, 3.63) is 0 Å². The van der Waals surface area contributed by atoms with Gasteiger partial charge in [-0.3, -0.25) is 0 Å². The van der Waals surface area contributed by atoms with Crippen molar-refractivity contribution in [1.82, 2.24) is 5.32 Å². The molecule has 1 saturated carbocycles. The van der Waals surface area contributed by atoms with Crippen LogP contribution in [0.3, 0.4) is 0 Å². The van der Waals surface area contributed by atoms with Crippen LogP contribution in [0, 0.1) is 11.3 Å². The van der Waals surface area contributed by atoms with Gasteiger partial charge in [-0.25, -0.2) is 4.79 Å². The van der Waals surface area contributed by atoms with Crippen LogP contribution in [0.1, 0.15) is 39.5 Å². The van der Waals surface area contributed by atoms with Crippen LogP contribution in [0.2, 0.25) is 0 Å². The van der Waals surface area contributed by atoms with Gasteiger partial charge in [-0.15, -0.1) is 0 Å². The van der Waals surface area contributed by atoms with Crippen molar-refractivity contribution in [1.29, 1.82) is 0 Å². The molecule has 3 nitrogen and oxygen atoms in total. The van der Waals surface area contributed by atoms with E-state index in [9.17, 15) is 4.79 Å². The summed E-state index contributed by atoms with van der Waals surface area (Å²) in [6.07, 6.45) is 6.22. The topological polar surface area (TPSA) is 41.5 Å². The van der Waals surface area contributed by atoms with Gasteiger partial charge in [0.2, 0.25) is 6.08 Å². The molecule has 15 heavy (non-hydrogen) atoms. The Kier molecular flexibility index (Phi) is 2.70. The summed E-state index contributed by atoms with van der Waals surface area (Å²) in [6.45, 7) is 6.65. The van der Waals surface area contributed by atoms with Crippen LogP contribution in [-0.2, 0) is 4.79 Å². The van der Waals surface area contributed by atoms with E-state index < -0.39 is 0 Å². The van der Waals surface area contributed by atoms with Gasteiger partial charge >= 0.3 is 0 Å². The molecule has 0 radical (unpaired) electrons. The maximum atomic E-state index is 10.6. The quantitative estimate of drug-likeness (QED) is 0.556. The molecule has 0 bridgehead atoms. The Hall–Kier alpha value is -0.660. The Morgan fingerprint density at radius 3 is 2.33 bits per heavy atom. The molecular formula is C12H20N2O. The number of piperidine rings is 1. The summed E-state index contributed by atoms with van der Waals surface area (Å²) < 4.78 is 0. The van der Waals surface area contributed by atoms with Crippen LogP contribution < -0.4 is 5.32 Å². The fourth-order valence-corrected chi connectivity index (χ4v) is 3.51. The van der Waals surface area contributed by atoms with Crippen LogP contribution >= 0.6 is 0 Å². The van der Waals surface area contributed by atoms with Gasteiger partial charge in [-0.2, -0.15) is 4.99 Å². The van der Waals surface area contributed by atoms with Crippen molar-refractivity contribution in [3.8, 4) is 0 Å². The summed E-state index contributed by atoms with van der Waals surface area (Å²) in [6, 6.07) is 0. The minimum absolute atomic E-state index is 0.0622. The monoisotopic (exact) mass is 208 g/mol. The first-order valence-corrected chi connectivity index (χ1v) is 5.88. The maximum absolute atomic E-state index is 10.6. The maximum Gasteiger partial charge on any atom is 0.235 e. The number of carbonyl (C=O) groups excluding carboxylic acids is 1. The molecule has 2 rings (SSSR count).